The highest BCUT2D eigenvalue weighted by molar-refractivity contribution is 7.89. The Bertz CT molecular complexity index is 803. The van der Waals surface area contributed by atoms with E-state index < -0.39 is 27.8 Å². The van der Waals surface area contributed by atoms with Crippen molar-refractivity contribution < 1.29 is 27.4 Å². The number of amides is 1. The van der Waals surface area contributed by atoms with Gasteiger partial charge in [0.2, 0.25) is 10.0 Å². The summed E-state index contributed by atoms with van der Waals surface area (Å²) in [4.78, 5) is 14.2. The number of likely N-dealkylation sites (tertiary alicyclic amines) is 1. The zero-order valence-corrected chi connectivity index (χ0v) is 17.6. The van der Waals surface area contributed by atoms with Crippen LogP contribution >= 0.6 is 0 Å². The summed E-state index contributed by atoms with van der Waals surface area (Å²) in [6.45, 7) is 6.73. The Morgan fingerprint density at radius 1 is 1.18 bits per heavy atom. The molecule has 0 bridgehead atoms. The molecule has 0 N–H and O–H groups in total. The molecule has 2 aliphatic heterocycles. The number of fused-ring (bicyclic) bond motifs is 1. The molecule has 2 saturated heterocycles. The number of methoxy groups -OCH3 is 1. The van der Waals surface area contributed by atoms with Crippen molar-refractivity contribution in [3.05, 3.63) is 24.3 Å². The first kappa shape index (κ1) is 20.9. The molecule has 28 heavy (non-hydrogen) atoms. The number of carbonyl (C=O) groups excluding carboxylic acids is 1. The van der Waals surface area contributed by atoms with Gasteiger partial charge >= 0.3 is 6.09 Å². The van der Waals surface area contributed by atoms with Crippen LogP contribution in [-0.4, -0.2) is 74.8 Å². The molecule has 0 aliphatic carbocycles. The van der Waals surface area contributed by atoms with Crippen LogP contribution < -0.4 is 4.74 Å². The molecule has 0 radical (unpaired) electrons. The summed E-state index contributed by atoms with van der Waals surface area (Å²) in [5.41, 5.74) is -0.605. The smallest absolute Gasteiger partial charge is 0.410 e. The van der Waals surface area contributed by atoms with Crippen LogP contribution in [0.4, 0.5) is 4.79 Å². The monoisotopic (exact) mass is 412 g/mol. The Morgan fingerprint density at radius 2 is 1.86 bits per heavy atom. The summed E-state index contributed by atoms with van der Waals surface area (Å²) < 4.78 is 44.3. The third kappa shape index (κ3) is 4.42. The molecule has 0 saturated carbocycles. The molecule has 0 spiro atoms. The topological polar surface area (TPSA) is 85.4 Å². The molecule has 2 heterocycles. The predicted molar refractivity (Wildman–Crippen MR) is 103 cm³/mol. The second-order valence-corrected chi connectivity index (χ2v) is 9.87. The molecule has 1 unspecified atom stereocenters. The van der Waals surface area contributed by atoms with Crippen LogP contribution in [0.2, 0.25) is 0 Å². The van der Waals surface area contributed by atoms with Crippen LogP contribution in [0.15, 0.2) is 29.2 Å². The number of sulfonamides is 1. The summed E-state index contributed by atoms with van der Waals surface area (Å²) in [6.07, 6.45) is -0.0998. The quantitative estimate of drug-likeness (QED) is 0.756. The van der Waals surface area contributed by atoms with Crippen LogP contribution in [0.25, 0.3) is 0 Å². The minimum atomic E-state index is -3.72. The van der Waals surface area contributed by atoms with E-state index in [-0.39, 0.29) is 24.1 Å². The molecule has 0 aromatic heterocycles. The van der Waals surface area contributed by atoms with Gasteiger partial charge in [0.15, 0.2) is 0 Å². The molecule has 1 amide bonds. The second kappa shape index (κ2) is 7.88. The van der Waals surface area contributed by atoms with Crippen molar-refractivity contribution >= 4 is 16.1 Å². The van der Waals surface area contributed by atoms with Crippen molar-refractivity contribution in [2.24, 2.45) is 0 Å². The lowest BCUT2D eigenvalue weighted by Crippen LogP contribution is -2.62. The fraction of sp³-hybridized carbons (Fsp3) is 0.632. The van der Waals surface area contributed by atoms with E-state index in [1.54, 1.807) is 17.0 Å². The Morgan fingerprint density at radius 3 is 2.46 bits per heavy atom. The number of piperidine rings is 1. The van der Waals surface area contributed by atoms with Gasteiger partial charge in [0.1, 0.15) is 11.4 Å². The second-order valence-electron chi connectivity index (χ2n) is 7.98. The van der Waals surface area contributed by atoms with Crippen molar-refractivity contribution in [3.8, 4) is 5.75 Å². The van der Waals surface area contributed by atoms with E-state index in [2.05, 4.69) is 0 Å². The van der Waals surface area contributed by atoms with Gasteiger partial charge in [0, 0.05) is 19.6 Å². The van der Waals surface area contributed by atoms with Gasteiger partial charge in [-0.3, -0.25) is 0 Å². The van der Waals surface area contributed by atoms with E-state index in [4.69, 9.17) is 14.2 Å². The normalized spacial score (nSPS) is 23.8. The lowest BCUT2D eigenvalue weighted by molar-refractivity contribution is -0.0772. The molecule has 1 aromatic rings. The lowest BCUT2D eigenvalue weighted by atomic mass is 10.0. The van der Waals surface area contributed by atoms with Gasteiger partial charge in [-0.2, -0.15) is 4.31 Å². The van der Waals surface area contributed by atoms with E-state index in [1.165, 1.54) is 23.5 Å². The van der Waals surface area contributed by atoms with Crippen molar-refractivity contribution in [1.29, 1.82) is 0 Å². The van der Waals surface area contributed by atoms with E-state index in [9.17, 15) is 13.2 Å². The number of hydrogen-bond donors (Lipinski definition) is 0. The van der Waals surface area contributed by atoms with E-state index in [0.717, 1.165) is 0 Å². The summed E-state index contributed by atoms with van der Waals surface area (Å²) in [6, 6.07) is 5.87. The molecule has 8 nitrogen and oxygen atoms in total. The molecule has 3 rings (SSSR count). The van der Waals surface area contributed by atoms with E-state index in [1.807, 2.05) is 20.8 Å². The van der Waals surface area contributed by atoms with E-state index in [0.29, 0.717) is 25.3 Å². The first-order valence-corrected chi connectivity index (χ1v) is 10.8. The van der Waals surface area contributed by atoms with Crippen LogP contribution in [0, 0.1) is 0 Å². The highest BCUT2D eigenvalue weighted by atomic mass is 32.2. The minimum Gasteiger partial charge on any atom is -0.497 e. The van der Waals surface area contributed by atoms with Gasteiger partial charge in [-0.1, -0.05) is 0 Å². The van der Waals surface area contributed by atoms with Crippen molar-refractivity contribution in [1.82, 2.24) is 9.21 Å². The summed E-state index contributed by atoms with van der Waals surface area (Å²) in [7, 11) is -2.19. The Labute approximate surface area is 166 Å². The van der Waals surface area contributed by atoms with Gasteiger partial charge in [-0.05, 0) is 51.5 Å². The third-order valence-corrected chi connectivity index (χ3v) is 6.79. The van der Waals surface area contributed by atoms with Crippen molar-refractivity contribution in [3.63, 3.8) is 0 Å². The molecule has 2 aliphatic rings. The minimum absolute atomic E-state index is 0.198. The summed E-state index contributed by atoms with van der Waals surface area (Å²) >= 11 is 0. The largest absolute Gasteiger partial charge is 0.497 e. The molecule has 2 fully saturated rings. The summed E-state index contributed by atoms with van der Waals surface area (Å²) in [5, 5.41) is 0. The fourth-order valence-corrected chi connectivity index (χ4v) is 5.14. The summed E-state index contributed by atoms with van der Waals surface area (Å²) in [5.74, 6) is 0.590. The van der Waals surface area contributed by atoms with E-state index >= 15 is 0 Å². The molecule has 156 valence electrons. The number of hydrogen-bond acceptors (Lipinski definition) is 6. The molecule has 2 atom stereocenters. The van der Waals surface area contributed by atoms with Gasteiger partial charge in [0.25, 0.3) is 0 Å². The highest BCUT2D eigenvalue weighted by Crippen LogP contribution is 2.29. The van der Waals surface area contributed by atoms with Gasteiger partial charge in [-0.15, -0.1) is 0 Å². The maximum atomic E-state index is 13.2. The molecular formula is C19H28N2O6S. The third-order valence-electron chi connectivity index (χ3n) is 4.85. The Hall–Kier alpha value is -1.84. The van der Waals surface area contributed by atoms with Crippen molar-refractivity contribution in [2.75, 3.05) is 33.4 Å². The average molecular weight is 413 g/mol. The first-order chi connectivity index (χ1) is 13.1. The van der Waals surface area contributed by atoms with Crippen LogP contribution in [0.1, 0.15) is 27.2 Å². The first-order valence-electron chi connectivity index (χ1n) is 9.37. The zero-order valence-electron chi connectivity index (χ0n) is 16.8. The average Bonchev–Trinajstić information content (AvgIpc) is 2.65. The van der Waals surface area contributed by atoms with Crippen LogP contribution in [0.5, 0.6) is 5.75 Å². The van der Waals surface area contributed by atoms with Crippen molar-refractivity contribution in [2.45, 2.75) is 49.8 Å². The molecule has 9 heteroatoms. The molecular weight excluding hydrogens is 384 g/mol. The standard InChI is InChI=1S/C19H28N2O6S/c1-19(2,3)27-18(22)20-10-9-17-16(13-20)21(11-12-26-17)28(23,24)15-7-5-14(25-4)6-8-15/h5-8,16-17H,9-13H2,1-4H3/t16-,17?/m1/s1. The Kier molecular flexibility index (Phi) is 5.88. The maximum absolute atomic E-state index is 13.2. The number of nitrogens with zero attached hydrogens (tertiary/aromatic N) is 2. The number of morpholine rings is 1. The number of benzene rings is 1. The maximum Gasteiger partial charge on any atom is 0.410 e. The lowest BCUT2D eigenvalue weighted by Gasteiger charge is -2.46. The number of carbonyl (C=O) groups is 1. The zero-order chi connectivity index (χ0) is 20.5. The van der Waals surface area contributed by atoms with Crippen LogP contribution in [-0.2, 0) is 19.5 Å². The Balaban J connectivity index is 1.81. The SMILES string of the molecule is COc1ccc(S(=O)(=O)N2CCOC3CCN(C(=O)OC(C)(C)C)C[C@H]32)cc1. The van der Waals surface area contributed by atoms with Crippen LogP contribution in [0.3, 0.4) is 0 Å². The van der Waals surface area contributed by atoms with Gasteiger partial charge in [0.05, 0.1) is 30.8 Å². The number of ether oxygens (including phenoxy) is 3. The molecule has 1 aromatic carbocycles. The predicted octanol–water partition coefficient (Wildman–Crippen LogP) is 2.09. The fourth-order valence-electron chi connectivity index (χ4n) is 3.51. The van der Waals surface area contributed by atoms with Gasteiger partial charge < -0.3 is 19.1 Å². The highest BCUT2D eigenvalue weighted by Gasteiger charge is 2.44. The van der Waals surface area contributed by atoms with Gasteiger partial charge in [-0.25, -0.2) is 13.2 Å². The number of rotatable bonds is 3.